The Morgan fingerprint density at radius 1 is 1.50 bits per heavy atom. The number of nitrogens with two attached hydrogens (primary N) is 1. The molecule has 0 aliphatic rings. The highest BCUT2D eigenvalue weighted by Gasteiger charge is 2.04. The van der Waals surface area contributed by atoms with E-state index in [-0.39, 0.29) is 6.10 Å². The zero-order valence-corrected chi connectivity index (χ0v) is 9.92. The van der Waals surface area contributed by atoms with E-state index < -0.39 is 0 Å². The molecular weight excluding hydrogens is 242 g/mol. The summed E-state index contributed by atoms with van der Waals surface area (Å²) in [6, 6.07) is 6.25. The fraction of sp³-hybridized carbons (Fsp3) is 0.455. The minimum atomic E-state index is -0.386. The number of rotatable bonds is 4. The summed E-state index contributed by atoms with van der Waals surface area (Å²) in [5.41, 5.74) is 7.80. The molecule has 0 heterocycles. The molecule has 0 aromatic heterocycles. The van der Waals surface area contributed by atoms with E-state index in [4.69, 9.17) is 5.73 Å². The Hall–Kier alpha value is -0.380. The second-order valence-electron chi connectivity index (χ2n) is 3.52. The molecule has 1 aromatic rings. The second-order valence-corrected chi connectivity index (χ2v) is 4.38. The van der Waals surface area contributed by atoms with Crippen LogP contribution in [0.2, 0.25) is 0 Å². The van der Waals surface area contributed by atoms with E-state index in [0.717, 1.165) is 17.3 Å². The standard InChI is InChI=1S/C11H16BrNO/c1-8-2-3-9(11(12)6-8)4-5-10(14)7-13/h2-3,6,10,14H,4-5,7,13H2,1H3. The molecule has 3 heteroatoms. The van der Waals surface area contributed by atoms with Crippen LogP contribution in [0.1, 0.15) is 17.5 Å². The molecule has 14 heavy (non-hydrogen) atoms. The summed E-state index contributed by atoms with van der Waals surface area (Å²) in [6.07, 6.45) is 1.19. The van der Waals surface area contributed by atoms with Crippen molar-refractivity contribution < 1.29 is 5.11 Å². The molecule has 0 saturated carbocycles. The smallest absolute Gasteiger partial charge is 0.0665 e. The first-order valence-electron chi connectivity index (χ1n) is 4.76. The van der Waals surface area contributed by atoms with E-state index in [2.05, 4.69) is 41.1 Å². The van der Waals surface area contributed by atoms with Crippen LogP contribution in [-0.2, 0) is 6.42 Å². The predicted molar refractivity (Wildman–Crippen MR) is 62.3 cm³/mol. The molecule has 0 spiro atoms. The van der Waals surface area contributed by atoms with E-state index >= 15 is 0 Å². The largest absolute Gasteiger partial charge is 0.392 e. The summed E-state index contributed by atoms with van der Waals surface area (Å²) in [5.74, 6) is 0. The van der Waals surface area contributed by atoms with Gasteiger partial charge in [0.25, 0.3) is 0 Å². The third-order valence-electron chi connectivity index (χ3n) is 2.23. The summed E-state index contributed by atoms with van der Waals surface area (Å²) >= 11 is 3.51. The molecule has 1 unspecified atom stereocenters. The summed E-state index contributed by atoms with van der Waals surface area (Å²) in [4.78, 5) is 0. The third kappa shape index (κ3) is 3.40. The van der Waals surface area contributed by atoms with Crippen molar-refractivity contribution in [1.29, 1.82) is 0 Å². The molecule has 0 amide bonds. The highest BCUT2D eigenvalue weighted by atomic mass is 79.9. The zero-order valence-electron chi connectivity index (χ0n) is 8.33. The first-order valence-corrected chi connectivity index (χ1v) is 5.56. The minimum absolute atomic E-state index is 0.337. The minimum Gasteiger partial charge on any atom is -0.392 e. The molecule has 3 N–H and O–H groups in total. The van der Waals surface area contributed by atoms with Crippen LogP contribution in [0.25, 0.3) is 0 Å². The topological polar surface area (TPSA) is 46.2 Å². The van der Waals surface area contributed by atoms with Crippen LogP contribution in [0.5, 0.6) is 0 Å². The van der Waals surface area contributed by atoms with E-state index in [9.17, 15) is 5.11 Å². The maximum Gasteiger partial charge on any atom is 0.0665 e. The molecule has 0 aliphatic heterocycles. The average Bonchev–Trinajstić information content (AvgIpc) is 2.16. The Bertz CT molecular complexity index is 301. The molecule has 1 rings (SSSR count). The molecular formula is C11H16BrNO. The lowest BCUT2D eigenvalue weighted by atomic mass is 10.1. The zero-order chi connectivity index (χ0) is 10.6. The van der Waals surface area contributed by atoms with Crippen molar-refractivity contribution in [2.45, 2.75) is 25.9 Å². The summed E-state index contributed by atoms with van der Waals surface area (Å²) < 4.78 is 1.11. The van der Waals surface area contributed by atoms with Crippen LogP contribution >= 0.6 is 15.9 Å². The first-order chi connectivity index (χ1) is 6.63. The van der Waals surface area contributed by atoms with Crippen molar-refractivity contribution in [2.24, 2.45) is 5.73 Å². The number of aliphatic hydroxyl groups is 1. The van der Waals surface area contributed by atoms with Gasteiger partial charge < -0.3 is 10.8 Å². The first kappa shape index (κ1) is 11.7. The van der Waals surface area contributed by atoms with Gasteiger partial charge in [0, 0.05) is 11.0 Å². The number of hydrogen-bond donors (Lipinski definition) is 2. The molecule has 0 saturated heterocycles. The summed E-state index contributed by atoms with van der Waals surface area (Å²) in [7, 11) is 0. The van der Waals surface area contributed by atoms with Crippen molar-refractivity contribution >= 4 is 15.9 Å². The fourth-order valence-electron chi connectivity index (χ4n) is 1.30. The quantitative estimate of drug-likeness (QED) is 0.867. The number of hydrogen-bond acceptors (Lipinski definition) is 2. The molecule has 0 fully saturated rings. The van der Waals surface area contributed by atoms with Gasteiger partial charge in [0.1, 0.15) is 0 Å². The Morgan fingerprint density at radius 3 is 2.79 bits per heavy atom. The predicted octanol–water partition coefficient (Wildman–Crippen LogP) is 2.01. The Kier molecular flexibility index (Phi) is 4.58. The van der Waals surface area contributed by atoms with Gasteiger partial charge in [-0.05, 0) is 37.0 Å². The Morgan fingerprint density at radius 2 is 2.21 bits per heavy atom. The van der Waals surface area contributed by atoms with Crippen molar-refractivity contribution in [1.82, 2.24) is 0 Å². The van der Waals surface area contributed by atoms with Gasteiger partial charge in [-0.15, -0.1) is 0 Å². The van der Waals surface area contributed by atoms with Gasteiger partial charge in [0.15, 0.2) is 0 Å². The van der Waals surface area contributed by atoms with Crippen molar-refractivity contribution in [3.63, 3.8) is 0 Å². The van der Waals surface area contributed by atoms with Crippen LogP contribution < -0.4 is 5.73 Å². The lowest BCUT2D eigenvalue weighted by Gasteiger charge is -2.09. The average molecular weight is 258 g/mol. The Labute approximate surface area is 93.3 Å². The summed E-state index contributed by atoms with van der Waals surface area (Å²) in [6.45, 7) is 2.40. The molecule has 0 aliphatic carbocycles. The molecule has 0 bridgehead atoms. The Balaban J connectivity index is 2.59. The van der Waals surface area contributed by atoms with Gasteiger partial charge in [0.05, 0.1) is 6.10 Å². The van der Waals surface area contributed by atoms with Gasteiger partial charge >= 0.3 is 0 Å². The normalized spacial score (nSPS) is 12.9. The van der Waals surface area contributed by atoms with E-state index in [0.29, 0.717) is 6.54 Å². The molecule has 1 aromatic carbocycles. The SMILES string of the molecule is Cc1ccc(CCC(O)CN)c(Br)c1. The van der Waals surface area contributed by atoms with Gasteiger partial charge in [-0.25, -0.2) is 0 Å². The van der Waals surface area contributed by atoms with Crippen LogP contribution in [0.3, 0.4) is 0 Å². The van der Waals surface area contributed by atoms with Crippen molar-refractivity contribution in [3.05, 3.63) is 33.8 Å². The van der Waals surface area contributed by atoms with Crippen LogP contribution in [0.15, 0.2) is 22.7 Å². The van der Waals surface area contributed by atoms with Gasteiger partial charge in [-0.1, -0.05) is 28.1 Å². The number of benzene rings is 1. The maximum absolute atomic E-state index is 9.32. The lowest BCUT2D eigenvalue weighted by Crippen LogP contribution is -2.20. The van der Waals surface area contributed by atoms with Crippen LogP contribution in [0.4, 0.5) is 0 Å². The molecule has 2 nitrogen and oxygen atoms in total. The van der Waals surface area contributed by atoms with E-state index in [1.54, 1.807) is 0 Å². The van der Waals surface area contributed by atoms with E-state index in [1.807, 2.05) is 0 Å². The van der Waals surface area contributed by atoms with Crippen molar-refractivity contribution in [3.8, 4) is 0 Å². The molecule has 1 atom stereocenters. The molecule has 78 valence electrons. The number of aliphatic hydroxyl groups excluding tert-OH is 1. The number of aryl methyl sites for hydroxylation is 2. The lowest BCUT2D eigenvalue weighted by molar-refractivity contribution is 0.173. The third-order valence-corrected chi connectivity index (χ3v) is 2.97. The van der Waals surface area contributed by atoms with Crippen LogP contribution in [0, 0.1) is 6.92 Å². The fourth-order valence-corrected chi connectivity index (χ4v) is 1.99. The molecule has 0 radical (unpaired) electrons. The maximum atomic E-state index is 9.32. The van der Waals surface area contributed by atoms with Crippen molar-refractivity contribution in [2.75, 3.05) is 6.54 Å². The number of halogens is 1. The van der Waals surface area contributed by atoms with Crippen LogP contribution in [-0.4, -0.2) is 17.8 Å². The van der Waals surface area contributed by atoms with Gasteiger partial charge in [0.2, 0.25) is 0 Å². The van der Waals surface area contributed by atoms with E-state index in [1.165, 1.54) is 11.1 Å². The highest BCUT2D eigenvalue weighted by Crippen LogP contribution is 2.20. The second kappa shape index (κ2) is 5.49. The van der Waals surface area contributed by atoms with Gasteiger partial charge in [-0.3, -0.25) is 0 Å². The monoisotopic (exact) mass is 257 g/mol. The van der Waals surface area contributed by atoms with Gasteiger partial charge in [-0.2, -0.15) is 0 Å². The highest BCUT2D eigenvalue weighted by molar-refractivity contribution is 9.10. The summed E-state index contributed by atoms with van der Waals surface area (Å²) in [5, 5.41) is 9.32.